The van der Waals surface area contributed by atoms with Crippen molar-refractivity contribution in [2.45, 2.75) is 6.18 Å². The summed E-state index contributed by atoms with van der Waals surface area (Å²) >= 11 is 0. The van der Waals surface area contributed by atoms with Crippen LogP contribution in [-0.2, 0) is 10.9 Å². The first kappa shape index (κ1) is 15.5. The van der Waals surface area contributed by atoms with E-state index in [9.17, 15) is 22.8 Å². The van der Waals surface area contributed by atoms with Gasteiger partial charge in [0.1, 0.15) is 6.61 Å². The van der Waals surface area contributed by atoms with Gasteiger partial charge < -0.3 is 9.84 Å². The first-order valence-corrected chi connectivity index (χ1v) is 5.25. The molecule has 0 fully saturated rings. The second-order valence-corrected chi connectivity index (χ2v) is 3.58. The summed E-state index contributed by atoms with van der Waals surface area (Å²) in [6.07, 6.45) is -4.39. The van der Waals surface area contributed by atoms with Crippen molar-refractivity contribution in [2.24, 2.45) is 0 Å². The van der Waals surface area contributed by atoms with Gasteiger partial charge in [-0.3, -0.25) is 5.32 Å². The molecule has 0 spiro atoms. The number of anilines is 1. The van der Waals surface area contributed by atoms with Crippen LogP contribution in [0.5, 0.6) is 0 Å². The van der Waals surface area contributed by atoms with Crippen LogP contribution >= 0.6 is 0 Å². The molecular weight excluding hydrogens is 279 g/mol. The summed E-state index contributed by atoms with van der Waals surface area (Å²) in [6, 6.07) is 1.95. The normalized spacial score (nSPS) is 10.8. The summed E-state index contributed by atoms with van der Waals surface area (Å²) in [6.45, 7) is 3.18. The van der Waals surface area contributed by atoms with Crippen molar-refractivity contribution in [2.75, 3.05) is 11.9 Å². The van der Waals surface area contributed by atoms with Crippen molar-refractivity contribution in [1.29, 1.82) is 0 Å². The number of ether oxygens (including phenoxy) is 1. The highest BCUT2D eigenvalue weighted by Crippen LogP contribution is 2.31. The molecule has 0 bridgehead atoms. The number of aromatic carboxylic acids is 1. The highest BCUT2D eigenvalue weighted by molar-refractivity contribution is 5.98. The zero-order chi connectivity index (χ0) is 15.3. The number of halogens is 3. The maximum atomic E-state index is 12.5. The molecule has 5 nitrogen and oxygen atoms in total. The standard InChI is InChI=1S/C12H10F3NO4/c1-2-5-20-11(19)16-9-4-3-7(12(13,14)15)6-8(9)10(17)18/h2-4,6H,1,5H2,(H,16,19)(H,17,18). The number of rotatable bonds is 4. The van der Waals surface area contributed by atoms with Crippen LogP contribution in [0.15, 0.2) is 30.9 Å². The number of carbonyl (C=O) groups is 2. The lowest BCUT2D eigenvalue weighted by atomic mass is 10.1. The molecule has 2 N–H and O–H groups in total. The van der Waals surface area contributed by atoms with Crippen LogP contribution in [0.1, 0.15) is 15.9 Å². The molecular formula is C12H10F3NO4. The minimum absolute atomic E-state index is 0.116. The van der Waals surface area contributed by atoms with E-state index >= 15 is 0 Å². The molecule has 0 saturated heterocycles. The molecule has 0 saturated carbocycles. The smallest absolute Gasteiger partial charge is 0.416 e. The quantitative estimate of drug-likeness (QED) is 0.835. The number of hydrogen-bond acceptors (Lipinski definition) is 3. The summed E-state index contributed by atoms with van der Waals surface area (Å²) in [5, 5.41) is 10.9. The zero-order valence-electron chi connectivity index (χ0n) is 10.0. The second kappa shape index (κ2) is 6.09. The zero-order valence-corrected chi connectivity index (χ0v) is 10.0. The van der Waals surface area contributed by atoms with Crippen LogP contribution in [0.4, 0.5) is 23.7 Å². The molecule has 1 amide bonds. The summed E-state index contributed by atoms with van der Waals surface area (Å²) in [4.78, 5) is 22.2. The number of nitrogens with one attached hydrogen (secondary N) is 1. The molecule has 108 valence electrons. The van der Waals surface area contributed by atoms with Gasteiger partial charge in [-0.05, 0) is 18.2 Å². The van der Waals surface area contributed by atoms with E-state index in [1.54, 1.807) is 0 Å². The fourth-order valence-corrected chi connectivity index (χ4v) is 1.29. The molecule has 0 atom stereocenters. The molecule has 0 radical (unpaired) electrons. The van der Waals surface area contributed by atoms with E-state index in [-0.39, 0.29) is 12.3 Å². The molecule has 0 aromatic heterocycles. The van der Waals surface area contributed by atoms with Gasteiger partial charge in [0.05, 0.1) is 16.8 Å². The Morgan fingerprint density at radius 1 is 1.40 bits per heavy atom. The van der Waals surface area contributed by atoms with Gasteiger partial charge in [0, 0.05) is 0 Å². The molecule has 1 aromatic carbocycles. The number of hydrogen-bond donors (Lipinski definition) is 2. The summed E-state index contributed by atoms with van der Waals surface area (Å²) < 4.78 is 42.0. The third kappa shape index (κ3) is 4.01. The van der Waals surface area contributed by atoms with Gasteiger partial charge in [0.25, 0.3) is 0 Å². The molecule has 0 heterocycles. The van der Waals surface area contributed by atoms with Gasteiger partial charge in [-0.2, -0.15) is 13.2 Å². The SMILES string of the molecule is C=CCOC(=O)Nc1ccc(C(F)(F)F)cc1C(=O)O. The van der Waals surface area contributed by atoms with Gasteiger partial charge >= 0.3 is 18.2 Å². The Hall–Kier alpha value is -2.51. The highest BCUT2D eigenvalue weighted by Gasteiger charge is 2.32. The predicted octanol–water partition coefficient (Wildman–Crippen LogP) is 3.14. The molecule has 0 unspecified atom stereocenters. The minimum Gasteiger partial charge on any atom is -0.478 e. The predicted molar refractivity (Wildman–Crippen MR) is 63.6 cm³/mol. The van der Waals surface area contributed by atoms with Crippen molar-refractivity contribution < 1.29 is 32.6 Å². The van der Waals surface area contributed by atoms with Crippen LogP contribution in [0.25, 0.3) is 0 Å². The Morgan fingerprint density at radius 2 is 2.05 bits per heavy atom. The Morgan fingerprint density at radius 3 is 2.55 bits per heavy atom. The average molecular weight is 289 g/mol. The fourth-order valence-electron chi connectivity index (χ4n) is 1.29. The van der Waals surface area contributed by atoms with Gasteiger partial charge in [0.15, 0.2) is 0 Å². The van der Waals surface area contributed by atoms with Crippen LogP contribution in [0, 0.1) is 0 Å². The lowest BCUT2D eigenvalue weighted by Gasteiger charge is -2.12. The van der Waals surface area contributed by atoms with Crippen molar-refractivity contribution in [3.8, 4) is 0 Å². The number of benzene rings is 1. The number of carboxylic acid groups (broad SMARTS) is 1. The monoisotopic (exact) mass is 289 g/mol. The van der Waals surface area contributed by atoms with E-state index in [0.29, 0.717) is 12.1 Å². The average Bonchev–Trinajstić information content (AvgIpc) is 2.35. The van der Waals surface area contributed by atoms with Crippen LogP contribution < -0.4 is 5.32 Å². The van der Waals surface area contributed by atoms with Crippen molar-refractivity contribution in [3.05, 3.63) is 42.0 Å². The summed E-state index contributed by atoms with van der Waals surface area (Å²) in [5.74, 6) is -1.60. The highest BCUT2D eigenvalue weighted by atomic mass is 19.4. The first-order valence-electron chi connectivity index (χ1n) is 5.25. The van der Waals surface area contributed by atoms with Crippen LogP contribution in [0.2, 0.25) is 0 Å². The molecule has 20 heavy (non-hydrogen) atoms. The van der Waals surface area contributed by atoms with Crippen molar-refractivity contribution in [1.82, 2.24) is 0 Å². The maximum Gasteiger partial charge on any atom is 0.416 e. The van der Waals surface area contributed by atoms with E-state index in [1.165, 1.54) is 6.08 Å². The first-order chi connectivity index (χ1) is 9.25. The van der Waals surface area contributed by atoms with E-state index in [0.717, 1.165) is 6.07 Å². The third-order valence-electron chi connectivity index (χ3n) is 2.15. The summed E-state index contributed by atoms with van der Waals surface area (Å²) in [5.41, 5.74) is -2.10. The van der Waals surface area contributed by atoms with E-state index in [4.69, 9.17) is 5.11 Å². The van der Waals surface area contributed by atoms with E-state index < -0.39 is 29.4 Å². The number of alkyl halides is 3. The molecule has 1 aromatic rings. The van der Waals surface area contributed by atoms with Crippen molar-refractivity contribution in [3.63, 3.8) is 0 Å². The number of carboxylic acids is 1. The van der Waals surface area contributed by atoms with Crippen molar-refractivity contribution >= 4 is 17.7 Å². The Bertz CT molecular complexity index is 540. The van der Waals surface area contributed by atoms with E-state index in [1.807, 2.05) is 5.32 Å². The largest absolute Gasteiger partial charge is 0.478 e. The second-order valence-electron chi connectivity index (χ2n) is 3.58. The molecule has 1 rings (SSSR count). The Balaban J connectivity index is 3.05. The Labute approximate surface area is 111 Å². The van der Waals surface area contributed by atoms with Crippen LogP contribution in [-0.4, -0.2) is 23.8 Å². The fraction of sp³-hybridized carbons (Fsp3) is 0.167. The minimum atomic E-state index is -4.67. The molecule has 0 aliphatic carbocycles. The molecule has 0 aliphatic heterocycles. The van der Waals surface area contributed by atoms with Gasteiger partial charge in [-0.1, -0.05) is 12.7 Å². The van der Waals surface area contributed by atoms with Crippen LogP contribution in [0.3, 0.4) is 0 Å². The third-order valence-corrected chi connectivity index (χ3v) is 2.15. The van der Waals surface area contributed by atoms with Gasteiger partial charge in [-0.25, -0.2) is 9.59 Å². The summed E-state index contributed by atoms with van der Waals surface area (Å²) in [7, 11) is 0. The Kier molecular flexibility index (Phi) is 4.73. The number of carbonyl (C=O) groups excluding carboxylic acids is 1. The molecule has 0 aliphatic rings. The lowest BCUT2D eigenvalue weighted by Crippen LogP contribution is -2.17. The van der Waals surface area contributed by atoms with E-state index in [2.05, 4.69) is 11.3 Å². The topological polar surface area (TPSA) is 75.6 Å². The molecule has 8 heteroatoms. The lowest BCUT2D eigenvalue weighted by molar-refractivity contribution is -0.137. The van der Waals surface area contributed by atoms with Gasteiger partial charge in [0.2, 0.25) is 0 Å². The maximum absolute atomic E-state index is 12.5. The number of amides is 1. The van der Waals surface area contributed by atoms with Gasteiger partial charge in [-0.15, -0.1) is 0 Å².